The maximum absolute atomic E-state index is 4.83. The van der Waals surface area contributed by atoms with Crippen molar-refractivity contribution in [3.63, 3.8) is 0 Å². The predicted molar refractivity (Wildman–Crippen MR) is 104 cm³/mol. The Morgan fingerprint density at radius 2 is 2.16 bits per heavy atom. The smallest absolute Gasteiger partial charge is 0.194 e. The van der Waals surface area contributed by atoms with E-state index in [1.54, 1.807) is 6.33 Å². The number of guanidine groups is 1. The number of thioether (sulfide) groups is 1. The summed E-state index contributed by atoms with van der Waals surface area (Å²) in [5.74, 6) is 2.98. The van der Waals surface area contributed by atoms with Crippen molar-refractivity contribution < 1.29 is 0 Å². The Kier molecular flexibility index (Phi) is 6.33. The maximum Gasteiger partial charge on any atom is 0.194 e. The Hall–Kier alpha value is -2.02. The van der Waals surface area contributed by atoms with Crippen molar-refractivity contribution in [1.29, 1.82) is 0 Å². The van der Waals surface area contributed by atoms with Crippen LogP contribution in [0.25, 0.3) is 5.69 Å². The summed E-state index contributed by atoms with van der Waals surface area (Å²) in [6.07, 6.45) is 2.95. The molecule has 0 saturated carbocycles. The highest BCUT2D eigenvalue weighted by Crippen LogP contribution is 2.21. The van der Waals surface area contributed by atoms with Gasteiger partial charge in [0.05, 0.1) is 0 Å². The van der Waals surface area contributed by atoms with E-state index in [1.807, 2.05) is 22.8 Å². The molecule has 1 aliphatic rings. The molecule has 1 unspecified atom stereocenters. The fourth-order valence-electron chi connectivity index (χ4n) is 2.90. The summed E-state index contributed by atoms with van der Waals surface area (Å²) in [6.45, 7) is 7.84. The lowest BCUT2D eigenvalue weighted by Crippen LogP contribution is -2.48. The fourth-order valence-corrected chi connectivity index (χ4v) is 4.08. The van der Waals surface area contributed by atoms with Gasteiger partial charge >= 0.3 is 0 Å². The van der Waals surface area contributed by atoms with Crippen molar-refractivity contribution >= 4 is 17.7 Å². The van der Waals surface area contributed by atoms with Crippen molar-refractivity contribution in [3.05, 3.63) is 42.5 Å². The van der Waals surface area contributed by atoms with E-state index in [9.17, 15) is 0 Å². The van der Waals surface area contributed by atoms with E-state index in [-0.39, 0.29) is 0 Å². The Labute approximate surface area is 153 Å². The number of aromatic nitrogens is 3. The molecular weight excluding hydrogens is 332 g/mol. The summed E-state index contributed by atoms with van der Waals surface area (Å²) in [6, 6.07) is 10.1. The number of aliphatic imine (C=N–C) groups is 1. The number of hydrogen-bond donors (Lipinski definition) is 1. The number of rotatable bonds is 5. The van der Waals surface area contributed by atoms with Crippen molar-refractivity contribution in [1.82, 2.24) is 25.0 Å². The van der Waals surface area contributed by atoms with Crippen LogP contribution in [-0.4, -0.2) is 56.3 Å². The predicted octanol–water partition coefficient (Wildman–Crippen LogP) is 2.56. The Morgan fingerprint density at radius 1 is 1.32 bits per heavy atom. The summed E-state index contributed by atoms with van der Waals surface area (Å²) in [7, 11) is 0. The van der Waals surface area contributed by atoms with Crippen molar-refractivity contribution in [2.24, 2.45) is 4.99 Å². The third kappa shape index (κ3) is 4.54. The molecule has 3 rings (SSSR count). The van der Waals surface area contributed by atoms with Crippen molar-refractivity contribution in [2.75, 3.05) is 25.4 Å². The first-order valence-corrected chi connectivity index (χ1v) is 9.95. The second kappa shape index (κ2) is 8.89. The molecule has 1 fully saturated rings. The molecule has 0 spiro atoms. The SMILES string of the molecule is CCNC(=NCc1nncn1-c1ccccc1)N1CCSC(CC)C1. The molecule has 0 amide bonds. The summed E-state index contributed by atoms with van der Waals surface area (Å²) < 4.78 is 1.99. The highest BCUT2D eigenvalue weighted by molar-refractivity contribution is 8.00. The fraction of sp³-hybridized carbons (Fsp3) is 0.500. The average molecular weight is 359 g/mol. The third-order valence-electron chi connectivity index (χ3n) is 4.25. The maximum atomic E-state index is 4.83. The molecule has 0 radical (unpaired) electrons. The highest BCUT2D eigenvalue weighted by Gasteiger charge is 2.21. The summed E-state index contributed by atoms with van der Waals surface area (Å²) in [5, 5.41) is 12.4. The topological polar surface area (TPSA) is 58.3 Å². The number of benzene rings is 1. The van der Waals surface area contributed by atoms with Gasteiger partial charge in [-0.15, -0.1) is 10.2 Å². The molecule has 7 heteroatoms. The van der Waals surface area contributed by atoms with Crippen LogP contribution in [0.4, 0.5) is 0 Å². The van der Waals surface area contributed by atoms with E-state index in [1.165, 1.54) is 6.42 Å². The van der Waals surface area contributed by atoms with Gasteiger partial charge < -0.3 is 10.2 Å². The number of para-hydroxylation sites is 1. The summed E-state index contributed by atoms with van der Waals surface area (Å²) in [5.41, 5.74) is 1.06. The van der Waals surface area contributed by atoms with Crippen LogP contribution in [0, 0.1) is 0 Å². The Bertz CT molecular complexity index is 684. The van der Waals surface area contributed by atoms with Gasteiger partial charge in [0.25, 0.3) is 0 Å². The molecule has 1 atom stereocenters. The lowest BCUT2D eigenvalue weighted by atomic mass is 10.3. The number of hydrogen-bond acceptors (Lipinski definition) is 4. The number of nitrogens with zero attached hydrogens (tertiary/aromatic N) is 5. The van der Waals surface area contributed by atoms with Crippen molar-refractivity contribution in [2.45, 2.75) is 32.1 Å². The van der Waals surface area contributed by atoms with E-state index < -0.39 is 0 Å². The average Bonchev–Trinajstić information content (AvgIpc) is 3.14. The zero-order valence-corrected chi connectivity index (χ0v) is 15.7. The molecule has 6 nitrogen and oxygen atoms in total. The van der Waals surface area contributed by atoms with E-state index in [2.05, 4.69) is 58.2 Å². The molecule has 1 saturated heterocycles. The van der Waals surface area contributed by atoms with Crippen LogP contribution < -0.4 is 5.32 Å². The van der Waals surface area contributed by atoms with Crippen LogP contribution in [-0.2, 0) is 6.54 Å². The van der Waals surface area contributed by atoms with Gasteiger partial charge in [0, 0.05) is 36.3 Å². The van der Waals surface area contributed by atoms with Gasteiger partial charge in [-0.1, -0.05) is 25.1 Å². The third-order valence-corrected chi connectivity index (χ3v) is 5.62. The minimum Gasteiger partial charge on any atom is -0.357 e. The zero-order valence-electron chi connectivity index (χ0n) is 14.9. The minimum absolute atomic E-state index is 0.512. The molecule has 2 aromatic rings. The standard InChI is InChI=1S/C18H26N6S/c1-3-16-13-23(10-11-25-16)18(19-4-2)20-12-17-22-21-14-24(17)15-8-6-5-7-9-15/h5-9,14,16H,3-4,10-13H2,1-2H3,(H,19,20). The van der Waals surface area contributed by atoms with Crippen LogP contribution >= 0.6 is 11.8 Å². The first-order valence-electron chi connectivity index (χ1n) is 8.91. The Balaban J connectivity index is 1.75. The van der Waals surface area contributed by atoms with Gasteiger partial charge in [-0.2, -0.15) is 11.8 Å². The summed E-state index contributed by atoms with van der Waals surface area (Å²) >= 11 is 2.07. The first-order chi connectivity index (χ1) is 12.3. The molecule has 134 valence electrons. The van der Waals surface area contributed by atoms with Gasteiger partial charge in [0.2, 0.25) is 0 Å². The lowest BCUT2D eigenvalue weighted by Gasteiger charge is -2.34. The van der Waals surface area contributed by atoms with Gasteiger partial charge in [0.1, 0.15) is 12.9 Å². The molecular formula is C18H26N6S. The van der Waals surface area contributed by atoms with Crippen molar-refractivity contribution in [3.8, 4) is 5.69 Å². The quantitative estimate of drug-likeness (QED) is 0.657. The zero-order chi connectivity index (χ0) is 17.5. The molecule has 0 aliphatic carbocycles. The second-order valence-corrected chi connectivity index (χ2v) is 7.38. The van der Waals surface area contributed by atoms with Gasteiger partial charge in [-0.05, 0) is 25.5 Å². The second-order valence-electron chi connectivity index (χ2n) is 5.97. The van der Waals surface area contributed by atoms with Gasteiger partial charge in [-0.25, -0.2) is 4.99 Å². The van der Waals surface area contributed by atoms with E-state index >= 15 is 0 Å². The molecule has 1 aromatic heterocycles. The number of nitrogens with one attached hydrogen (secondary N) is 1. The van der Waals surface area contributed by atoms with Crippen LogP contribution in [0.3, 0.4) is 0 Å². The largest absolute Gasteiger partial charge is 0.357 e. The molecule has 1 aliphatic heterocycles. The van der Waals surface area contributed by atoms with E-state index in [0.29, 0.717) is 11.8 Å². The first kappa shape index (κ1) is 17.8. The van der Waals surface area contributed by atoms with E-state index in [4.69, 9.17) is 4.99 Å². The normalized spacial score (nSPS) is 18.4. The van der Waals surface area contributed by atoms with Gasteiger partial charge in [-0.3, -0.25) is 4.57 Å². The molecule has 2 heterocycles. The van der Waals surface area contributed by atoms with Gasteiger partial charge in [0.15, 0.2) is 11.8 Å². The van der Waals surface area contributed by atoms with Crippen LogP contribution in [0.15, 0.2) is 41.7 Å². The summed E-state index contributed by atoms with van der Waals surface area (Å²) in [4.78, 5) is 7.21. The molecule has 1 N–H and O–H groups in total. The van der Waals surface area contributed by atoms with Crippen LogP contribution in [0.5, 0.6) is 0 Å². The van der Waals surface area contributed by atoms with Crippen LogP contribution in [0.1, 0.15) is 26.1 Å². The minimum atomic E-state index is 0.512. The lowest BCUT2D eigenvalue weighted by molar-refractivity contribution is 0.408. The monoisotopic (exact) mass is 358 g/mol. The highest BCUT2D eigenvalue weighted by atomic mass is 32.2. The molecule has 1 aromatic carbocycles. The van der Waals surface area contributed by atoms with Crippen LogP contribution in [0.2, 0.25) is 0 Å². The molecule has 0 bridgehead atoms. The Morgan fingerprint density at radius 3 is 2.92 bits per heavy atom. The molecule has 25 heavy (non-hydrogen) atoms. The van der Waals surface area contributed by atoms with E-state index in [0.717, 1.165) is 42.9 Å².